The fraction of sp³-hybridized carbons (Fsp3) is 0.190. The van der Waals surface area contributed by atoms with Crippen LogP contribution in [0.1, 0.15) is 27.3 Å². The standard InChI is InChI=1S/C21H20N4O5/c1-13-17(10-7-11-18(13)25(28)29)21(27)30-12-19(26)22-20-14(2)23-24(15(20)3)16-8-5-4-6-9-16/h4-11H,12H2,1-3H3,(H,22,26). The van der Waals surface area contributed by atoms with E-state index >= 15 is 0 Å². The number of hydrogen-bond acceptors (Lipinski definition) is 6. The molecule has 9 nitrogen and oxygen atoms in total. The Morgan fingerprint density at radius 1 is 1.10 bits per heavy atom. The molecule has 0 atom stereocenters. The third-order valence-corrected chi connectivity index (χ3v) is 4.61. The molecule has 0 bridgehead atoms. The zero-order valence-electron chi connectivity index (χ0n) is 16.7. The van der Waals surface area contributed by atoms with Crippen molar-refractivity contribution in [3.63, 3.8) is 0 Å². The van der Waals surface area contributed by atoms with Gasteiger partial charge in [0.15, 0.2) is 6.61 Å². The number of rotatable bonds is 6. The van der Waals surface area contributed by atoms with Gasteiger partial charge in [0.1, 0.15) is 0 Å². The maximum atomic E-state index is 12.3. The van der Waals surface area contributed by atoms with Gasteiger partial charge in [0, 0.05) is 11.6 Å². The monoisotopic (exact) mass is 408 g/mol. The first-order chi connectivity index (χ1) is 14.3. The average molecular weight is 408 g/mol. The van der Waals surface area contributed by atoms with Crippen molar-refractivity contribution in [2.45, 2.75) is 20.8 Å². The van der Waals surface area contributed by atoms with E-state index in [1.54, 1.807) is 11.6 Å². The van der Waals surface area contributed by atoms with Gasteiger partial charge >= 0.3 is 5.97 Å². The molecular formula is C21H20N4O5. The van der Waals surface area contributed by atoms with Crippen molar-refractivity contribution in [1.29, 1.82) is 0 Å². The van der Waals surface area contributed by atoms with Crippen LogP contribution in [0.3, 0.4) is 0 Å². The van der Waals surface area contributed by atoms with Gasteiger partial charge in [0.25, 0.3) is 11.6 Å². The summed E-state index contributed by atoms with van der Waals surface area (Å²) in [5, 5.41) is 18.2. The second kappa shape index (κ2) is 8.56. The molecule has 1 amide bonds. The third kappa shape index (κ3) is 4.19. The van der Waals surface area contributed by atoms with E-state index in [9.17, 15) is 19.7 Å². The molecule has 0 radical (unpaired) electrons. The lowest BCUT2D eigenvalue weighted by Crippen LogP contribution is -2.22. The minimum Gasteiger partial charge on any atom is -0.452 e. The molecule has 0 spiro atoms. The van der Waals surface area contributed by atoms with Crippen molar-refractivity contribution in [2.75, 3.05) is 11.9 Å². The molecule has 0 fully saturated rings. The van der Waals surface area contributed by atoms with Crippen LogP contribution >= 0.6 is 0 Å². The van der Waals surface area contributed by atoms with Crippen LogP contribution in [0.4, 0.5) is 11.4 Å². The van der Waals surface area contributed by atoms with Crippen LogP contribution in [-0.4, -0.2) is 33.2 Å². The third-order valence-electron chi connectivity index (χ3n) is 4.61. The average Bonchev–Trinajstić information content (AvgIpc) is 3.01. The first-order valence-corrected chi connectivity index (χ1v) is 9.12. The summed E-state index contributed by atoms with van der Waals surface area (Å²) < 4.78 is 6.76. The number of nitro groups is 1. The number of ether oxygens (including phenoxy) is 1. The Labute approximate surface area is 172 Å². The van der Waals surface area contributed by atoms with Gasteiger partial charge in [-0.15, -0.1) is 0 Å². The first kappa shape index (κ1) is 20.7. The van der Waals surface area contributed by atoms with Crippen molar-refractivity contribution in [2.24, 2.45) is 0 Å². The highest BCUT2D eigenvalue weighted by Crippen LogP contribution is 2.23. The van der Waals surface area contributed by atoms with E-state index in [1.165, 1.54) is 25.1 Å². The fourth-order valence-electron chi connectivity index (χ4n) is 3.07. The maximum Gasteiger partial charge on any atom is 0.339 e. The second-order valence-electron chi connectivity index (χ2n) is 6.62. The summed E-state index contributed by atoms with van der Waals surface area (Å²) in [6, 6.07) is 13.6. The van der Waals surface area contributed by atoms with Crippen molar-refractivity contribution in [3.05, 3.63) is 81.2 Å². The van der Waals surface area contributed by atoms with Gasteiger partial charge in [-0.3, -0.25) is 14.9 Å². The number of aromatic nitrogens is 2. The predicted octanol–water partition coefficient (Wildman–Crippen LogP) is 3.50. The zero-order chi connectivity index (χ0) is 21.8. The van der Waals surface area contributed by atoms with Crippen LogP contribution < -0.4 is 5.32 Å². The topological polar surface area (TPSA) is 116 Å². The number of carbonyl (C=O) groups excluding carboxylic acids is 2. The number of amides is 1. The minimum absolute atomic E-state index is 0.0428. The molecule has 9 heteroatoms. The number of carbonyl (C=O) groups is 2. The maximum absolute atomic E-state index is 12.3. The summed E-state index contributed by atoms with van der Waals surface area (Å²) in [6.07, 6.45) is 0. The molecule has 30 heavy (non-hydrogen) atoms. The van der Waals surface area contributed by atoms with Gasteiger partial charge in [-0.25, -0.2) is 9.48 Å². The molecule has 1 heterocycles. The van der Waals surface area contributed by atoms with E-state index in [0.717, 1.165) is 11.4 Å². The lowest BCUT2D eigenvalue weighted by atomic mass is 10.1. The summed E-state index contributed by atoms with van der Waals surface area (Å²) in [5.41, 5.74) is 2.77. The van der Waals surface area contributed by atoms with Crippen molar-refractivity contribution >= 4 is 23.3 Å². The van der Waals surface area contributed by atoms with Crippen LogP contribution in [0.25, 0.3) is 5.69 Å². The van der Waals surface area contributed by atoms with Crippen LogP contribution in [-0.2, 0) is 9.53 Å². The van der Waals surface area contributed by atoms with Crippen molar-refractivity contribution in [3.8, 4) is 5.69 Å². The molecule has 0 aliphatic heterocycles. The Kier molecular flexibility index (Phi) is 5.91. The van der Waals surface area contributed by atoms with Crippen LogP contribution in [0, 0.1) is 30.9 Å². The van der Waals surface area contributed by atoms with Gasteiger partial charge < -0.3 is 10.1 Å². The Hall–Kier alpha value is -4.01. The predicted molar refractivity (Wildman–Crippen MR) is 110 cm³/mol. The van der Waals surface area contributed by atoms with Crippen molar-refractivity contribution in [1.82, 2.24) is 9.78 Å². The molecular weight excluding hydrogens is 388 g/mol. The molecule has 0 aliphatic carbocycles. The summed E-state index contributed by atoms with van der Waals surface area (Å²) in [7, 11) is 0. The quantitative estimate of drug-likeness (QED) is 0.379. The number of para-hydroxylation sites is 1. The van der Waals surface area contributed by atoms with Gasteiger partial charge in [0.2, 0.25) is 0 Å². The molecule has 0 aliphatic rings. The van der Waals surface area contributed by atoms with E-state index in [0.29, 0.717) is 11.4 Å². The van der Waals surface area contributed by atoms with E-state index in [2.05, 4.69) is 10.4 Å². The number of esters is 1. The summed E-state index contributed by atoms with van der Waals surface area (Å²) in [6.45, 7) is 4.51. The molecule has 1 aromatic heterocycles. The number of nitrogens with zero attached hydrogens (tertiary/aromatic N) is 3. The Morgan fingerprint density at radius 2 is 1.80 bits per heavy atom. The van der Waals surface area contributed by atoms with E-state index < -0.39 is 23.4 Å². The number of hydrogen-bond donors (Lipinski definition) is 1. The van der Waals surface area contributed by atoms with E-state index in [1.807, 2.05) is 37.3 Å². The number of nitrogens with one attached hydrogen (secondary N) is 1. The number of benzene rings is 2. The number of anilines is 1. The van der Waals surface area contributed by atoms with Crippen molar-refractivity contribution < 1.29 is 19.2 Å². The Bertz CT molecular complexity index is 1120. The van der Waals surface area contributed by atoms with E-state index in [4.69, 9.17) is 4.74 Å². The Balaban J connectivity index is 1.69. The van der Waals surface area contributed by atoms with Crippen LogP contribution in [0.15, 0.2) is 48.5 Å². The molecule has 1 N–H and O–H groups in total. The minimum atomic E-state index is -0.806. The molecule has 0 unspecified atom stereocenters. The number of aryl methyl sites for hydroxylation is 1. The van der Waals surface area contributed by atoms with Crippen LogP contribution in [0.2, 0.25) is 0 Å². The molecule has 0 saturated heterocycles. The largest absolute Gasteiger partial charge is 0.452 e. The SMILES string of the molecule is Cc1nn(-c2ccccc2)c(C)c1NC(=O)COC(=O)c1cccc([N+](=O)[O-])c1C. The normalized spacial score (nSPS) is 10.5. The lowest BCUT2D eigenvalue weighted by molar-refractivity contribution is -0.385. The molecule has 154 valence electrons. The van der Waals surface area contributed by atoms with Crippen LogP contribution in [0.5, 0.6) is 0 Å². The molecule has 2 aromatic carbocycles. The smallest absolute Gasteiger partial charge is 0.339 e. The van der Waals surface area contributed by atoms with Gasteiger partial charge in [-0.2, -0.15) is 5.10 Å². The van der Waals surface area contributed by atoms with E-state index in [-0.39, 0.29) is 16.8 Å². The summed E-state index contributed by atoms with van der Waals surface area (Å²) in [5.74, 6) is -1.34. The fourth-order valence-corrected chi connectivity index (χ4v) is 3.07. The highest BCUT2D eigenvalue weighted by atomic mass is 16.6. The Morgan fingerprint density at radius 3 is 2.47 bits per heavy atom. The molecule has 3 rings (SSSR count). The highest BCUT2D eigenvalue weighted by molar-refractivity contribution is 5.97. The lowest BCUT2D eigenvalue weighted by Gasteiger charge is -2.09. The zero-order valence-corrected chi connectivity index (χ0v) is 16.7. The first-order valence-electron chi connectivity index (χ1n) is 9.12. The van der Waals surface area contributed by atoms with Gasteiger partial charge in [0.05, 0.1) is 33.2 Å². The van der Waals surface area contributed by atoms with Gasteiger partial charge in [-0.1, -0.05) is 24.3 Å². The molecule has 0 saturated carbocycles. The number of nitro benzene ring substituents is 1. The second-order valence-corrected chi connectivity index (χ2v) is 6.62. The summed E-state index contributed by atoms with van der Waals surface area (Å²) in [4.78, 5) is 35.0. The molecule has 3 aromatic rings. The summed E-state index contributed by atoms with van der Waals surface area (Å²) >= 11 is 0. The highest BCUT2D eigenvalue weighted by Gasteiger charge is 2.20. The van der Waals surface area contributed by atoms with Gasteiger partial charge in [-0.05, 0) is 39.0 Å².